The van der Waals surface area contributed by atoms with E-state index in [9.17, 15) is 0 Å². The summed E-state index contributed by atoms with van der Waals surface area (Å²) in [7, 11) is 4.28. The molecule has 0 amide bonds. The third-order valence-electron chi connectivity index (χ3n) is 4.55. The van der Waals surface area contributed by atoms with E-state index in [0.717, 1.165) is 44.3 Å². The number of rotatable bonds is 6. The highest BCUT2D eigenvalue weighted by molar-refractivity contribution is 5.21. The first-order valence-corrected chi connectivity index (χ1v) is 8.63. The van der Waals surface area contributed by atoms with Crippen molar-refractivity contribution in [3.63, 3.8) is 0 Å². The number of benzene rings is 1. The Morgan fingerprint density at radius 1 is 1.33 bits per heavy atom. The minimum atomic E-state index is 0.143. The number of likely N-dealkylation sites (N-methyl/N-ethyl adjacent to an activating group) is 2. The summed E-state index contributed by atoms with van der Waals surface area (Å²) in [5.41, 5.74) is 1.31. The molecule has 2 aromatic rings. The molecule has 0 radical (unpaired) electrons. The van der Waals surface area contributed by atoms with E-state index in [4.69, 9.17) is 4.74 Å². The second kappa shape index (κ2) is 7.88. The summed E-state index contributed by atoms with van der Waals surface area (Å²) in [5, 5.41) is 7.23. The van der Waals surface area contributed by atoms with Gasteiger partial charge < -0.3 is 4.74 Å². The van der Waals surface area contributed by atoms with Gasteiger partial charge in [0.05, 0.1) is 25.3 Å². The maximum absolute atomic E-state index is 6.12. The van der Waals surface area contributed by atoms with Gasteiger partial charge in [0, 0.05) is 19.5 Å². The molecule has 1 aromatic carbocycles. The predicted octanol–water partition coefficient (Wildman–Crippen LogP) is 1.87. The Bertz CT molecular complexity index is 629. The molecule has 1 fully saturated rings. The van der Waals surface area contributed by atoms with E-state index in [1.165, 1.54) is 5.56 Å². The summed E-state index contributed by atoms with van der Waals surface area (Å²) in [6, 6.07) is 10.9. The molecule has 1 saturated heterocycles. The smallest absolute Gasteiger partial charge is 0.150 e. The summed E-state index contributed by atoms with van der Waals surface area (Å²) >= 11 is 0. The van der Waals surface area contributed by atoms with Crippen molar-refractivity contribution in [2.75, 3.05) is 33.8 Å². The molecule has 0 aliphatic carbocycles. The first-order chi connectivity index (χ1) is 11.7. The van der Waals surface area contributed by atoms with Crippen LogP contribution in [0.4, 0.5) is 0 Å². The number of aryl methyl sites for hydroxylation is 1. The van der Waals surface area contributed by atoms with Gasteiger partial charge >= 0.3 is 0 Å². The minimum absolute atomic E-state index is 0.143. The molecule has 6 nitrogen and oxygen atoms in total. The molecule has 1 aliphatic heterocycles. The second-order valence-corrected chi connectivity index (χ2v) is 6.49. The molecule has 2 atom stereocenters. The fourth-order valence-corrected chi connectivity index (χ4v) is 3.33. The molecule has 0 spiro atoms. The molecule has 0 unspecified atom stereocenters. The average molecular weight is 329 g/mol. The van der Waals surface area contributed by atoms with Crippen molar-refractivity contribution in [3.8, 4) is 0 Å². The van der Waals surface area contributed by atoms with Crippen LogP contribution in [0.1, 0.15) is 30.2 Å². The first-order valence-electron chi connectivity index (χ1n) is 8.63. The topological polar surface area (TPSA) is 57.3 Å². The minimum Gasteiger partial charge on any atom is -0.374 e. The quantitative estimate of drug-likeness (QED) is 0.877. The molecule has 2 heterocycles. The maximum Gasteiger partial charge on any atom is 0.150 e. The number of aromatic amines is 1. The summed E-state index contributed by atoms with van der Waals surface area (Å²) in [6.45, 7) is 5.40. The van der Waals surface area contributed by atoms with Gasteiger partial charge in [-0.25, -0.2) is 4.98 Å². The third kappa shape index (κ3) is 4.01. The lowest BCUT2D eigenvalue weighted by atomic mass is 9.98. The van der Waals surface area contributed by atoms with Crippen LogP contribution in [0.2, 0.25) is 0 Å². The van der Waals surface area contributed by atoms with Crippen LogP contribution >= 0.6 is 0 Å². The summed E-state index contributed by atoms with van der Waals surface area (Å²) < 4.78 is 6.12. The van der Waals surface area contributed by atoms with Gasteiger partial charge in [0.15, 0.2) is 0 Å². The standard InChI is InChI=1S/C18H27N5O/c1-4-16-19-17(21-20-16)13-22(2)12-15-18(23(3)10-11-24-15)14-8-6-5-7-9-14/h5-9,15,18H,4,10-13H2,1-3H3,(H,19,20,21)/t15-,18-/m0/s1. The average Bonchev–Trinajstić information content (AvgIpc) is 3.03. The molecule has 1 aromatic heterocycles. The molecular formula is C18H27N5O. The van der Waals surface area contributed by atoms with E-state index >= 15 is 0 Å². The van der Waals surface area contributed by atoms with Crippen LogP contribution in [-0.2, 0) is 17.7 Å². The van der Waals surface area contributed by atoms with E-state index < -0.39 is 0 Å². The molecule has 0 saturated carbocycles. The number of morpholine rings is 1. The van der Waals surface area contributed by atoms with Gasteiger partial charge in [-0.05, 0) is 19.7 Å². The zero-order valence-corrected chi connectivity index (χ0v) is 14.8. The summed E-state index contributed by atoms with van der Waals surface area (Å²) in [4.78, 5) is 9.13. The van der Waals surface area contributed by atoms with E-state index in [0.29, 0.717) is 0 Å². The van der Waals surface area contributed by atoms with Gasteiger partial charge in [-0.15, -0.1) is 0 Å². The Kier molecular flexibility index (Phi) is 5.60. The molecule has 130 valence electrons. The predicted molar refractivity (Wildman–Crippen MR) is 93.6 cm³/mol. The van der Waals surface area contributed by atoms with Crippen LogP contribution in [0, 0.1) is 0 Å². The van der Waals surface area contributed by atoms with Crippen LogP contribution in [0.3, 0.4) is 0 Å². The Hall–Kier alpha value is -1.76. The van der Waals surface area contributed by atoms with Crippen LogP contribution in [0.5, 0.6) is 0 Å². The van der Waals surface area contributed by atoms with Gasteiger partial charge in [0.2, 0.25) is 0 Å². The van der Waals surface area contributed by atoms with Gasteiger partial charge in [0.25, 0.3) is 0 Å². The van der Waals surface area contributed by atoms with Crippen molar-refractivity contribution in [1.82, 2.24) is 25.0 Å². The second-order valence-electron chi connectivity index (χ2n) is 6.49. The number of aromatic nitrogens is 3. The van der Waals surface area contributed by atoms with Gasteiger partial charge in [-0.3, -0.25) is 14.9 Å². The monoisotopic (exact) mass is 329 g/mol. The highest BCUT2D eigenvalue weighted by atomic mass is 16.5. The molecule has 1 N–H and O–H groups in total. The van der Waals surface area contributed by atoms with Crippen LogP contribution in [0.25, 0.3) is 0 Å². The van der Waals surface area contributed by atoms with Gasteiger partial charge in [-0.2, -0.15) is 5.10 Å². The number of H-pyrrole nitrogens is 1. The number of nitrogens with zero attached hydrogens (tertiary/aromatic N) is 4. The Labute approximate surface area is 143 Å². The van der Waals surface area contributed by atoms with Gasteiger partial charge in [0.1, 0.15) is 11.6 Å². The molecule has 0 bridgehead atoms. The van der Waals surface area contributed by atoms with Crippen LogP contribution in [0.15, 0.2) is 30.3 Å². The lowest BCUT2D eigenvalue weighted by Crippen LogP contribution is -2.47. The van der Waals surface area contributed by atoms with Crippen molar-refractivity contribution in [2.24, 2.45) is 0 Å². The normalized spacial score (nSPS) is 22.2. The molecule has 1 aliphatic rings. The first kappa shape index (κ1) is 17.1. The zero-order valence-electron chi connectivity index (χ0n) is 14.8. The highest BCUT2D eigenvalue weighted by Crippen LogP contribution is 2.28. The summed E-state index contributed by atoms with van der Waals surface area (Å²) in [6.07, 6.45) is 0.997. The maximum atomic E-state index is 6.12. The van der Waals surface area contributed by atoms with E-state index in [1.807, 2.05) is 0 Å². The van der Waals surface area contributed by atoms with Crippen LogP contribution < -0.4 is 0 Å². The van der Waals surface area contributed by atoms with Crippen molar-refractivity contribution in [3.05, 3.63) is 47.5 Å². The lowest BCUT2D eigenvalue weighted by Gasteiger charge is -2.40. The van der Waals surface area contributed by atoms with Gasteiger partial charge in [-0.1, -0.05) is 37.3 Å². The van der Waals surface area contributed by atoms with E-state index in [-0.39, 0.29) is 12.1 Å². The van der Waals surface area contributed by atoms with Crippen molar-refractivity contribution >= 4 is 0 Å². The Morgan fingerprint density at radius 2 is 2.12 bits per heavy atom. The number of nitrogens with one attached hydrogen (secondary N) is 1. The number of ether oxygens (including phenoxy) is 1. The van der Waals surface area contributed by atoms with E-state index in [2.05, 4.69) is 76.3 Å². The van der Waals surface area contributed by atoms with Crippen LogP contribution in [-0.4, -0.2) is 64.9 Å². The largest absolute Gasteiger partial charge is 0.374 e. The fourth-order valence-electron chi connectivity index (χ4n) is 3.33. The molecule has 3 rings (SSSR count). The Balaban J connectivity index is 1.67. The SMILES string of the molecule is CCc1n[nH]c(CN(C)C[C@@H]2OCCN(C)[C@H]2c2ccccc2)n1. The number of hydrogen-bond donors (Lipinski definition) is 1. The molecule has 24 heavy (non-hydrogen) atoms. The summed E-state index contributed by atoms with van der Waals surface area (Å²) in [5.74, 6) is 1.78. The fraction of sp³-hybridized carbons (Fsp3) is 0.556. The van der Waals surface area contributed by atoms with Crippen molar-refractivity contribution in [1.29, 1.82) is 0 Å². The third-order valence-corrected chi connectivity index (χ3v) is 4.55. The molecule has 6 heteroatoms. The highest BCUT2D eigenvalue weighted by Gasteiger charge is 2.32. The zero-order chi connectivity index (χ0) is 16.9. The lowest BCUT2D eigenvalue weighted by molar-refractivity contribution is -0.0744. The van der Waals surface area contributed by atoms with Crippen molar-refractivity contribution < 1.29 is 4.74 Å². The number of hydrogen-bond acceptors (Lipinski definition) is 5. The van der Waals surface area contributed by atoms with Crippen molar-refractivity contribution in [2.45, 2.75) is 32.0 Å². The Morgan fingerprint density at radius 3 is 2.83 bits per heavy atom. The molecular weight excluding hydrogens is 302 g/mol. The van der Waals surface area contributed by atoms with E-state index in [1.54, 1.807) is 0 Å².